The lowest BCUT2D eigenvalue weighted by Crippen LogP contribution is -2.41. The molecule has 0 saturated carbocycles. The van der Waals surface area contributed by atoms with E-state index in [1.165, 1.54) is 0 Å². The van der Waals surface area contributed by atoms with E-state index in [9.17, 15) is 8.42 Å². The second-order valence-corrected chi connectivity index (χ2v) is 9.82. The zero-order valence-electron chi connectivity index (χ0n) is 15.8. The number of ether oxygens (including phenoxy) is 1. The lowest BCUT2D eigenvalue weighted by Gasteiger charge is -2.32. The van der Waals surface area contributed by atoms with Gasteiger partial charge in [0.05, 0.1) is 16.5 Å². The minimum atomic E-state index is -3.26. The second-order valence-electron chi connectivity index (χ2n) is 7.49. The molecule has 25 heavy (non-hydrogen) atoms. The molecule has 8 heteroatoms. The van der Waals surface area contributed by atoms with Crippen LogP contribution >= 0.6 is 0 Å². The fourth-order valence-corrected chi connectivity index (χ4v) is 2.92. The number of hydrogen-bond acceptors (Lipinski definition) is 5. The molecule has 1 N–H and O–H groups in total. The van der Waals surface area contributed by atoms with E-state index in [-0.39, 0.29) is 24.4 Å². The van der Waals surface area contributed by atoms with Crippen LogP contribution in [0.5, 0.6) is 5.75 Å². The van der Waals surface area contributed by atoms with Crippen LogP contribution in [0.2, 0.25) is 0 Å². The summed E-state index contributed by atoms with van der Waals surface area (Å²) in [5.74, 6) is 0.670. The molecule has 0 spiro atoms. The zero-order chi connectivity index (χ0) is 18.9. The quantitative estimate of drug-likeness (QED) is 0.585. The van der Waals surface area contributed by atoms with Gasteiger partial charge in [-0.05, 0) is 59.1 Å². The van der Waals surface area contributed by atoms with Gasteiger partial charge < -0.3 is 14.0 Å². The fourth-order valence-electron chi connectivity index (χ4n) is 2.22. The van der Waals surface area contributed by atoms with Crippen LogP contribution in [0.25, 0.3) is 0 Å². The van der Waals surface area contributed by atoms with Crippen LogP contribution < -0.4 is 14.9 Å². The number of rotatable bonds is 7. The molecule has 0 amide bonds. The highest BCUT2D eigenvalue weighted by Crippen LogP contribution is 2.36. The summed E-state index contributed by atoms with van der Waals surface area (Å²) < 4.78 is 43.4. The van der Waals surface area contributed by atoms with Gasteiger partial charge in [0.1, 0.15) is 12.4 Å². The lowest BCUT2D eigenvalue weighted by molar-refractivity contribution is 0.00578. The Morgan fingerprint density at radius 2 is 1.60 bits per heavy atom. The van der Waals surface area contributed by atoms with E-state index in [0.29, 0.717) is 5.75 Å². The summed E-state index contributed by atoms with van der Waals surface area (Å²) in [6.07, 6.45) is 0. The standard InChI is InChI=1S/C17H28BNO5S/c1-13(2)25(20,21)19-11-12-22-15-9-7-14(8-10-15)18-23-16(3,4)17(5,6)24-18/h7-10,13,19H,11-12H2,1-6H3. The van der Waals surface area contributed by atoms with Gasteiger partial charge in [-0.1, -0.05) is 12.1 Å². The first-order valence-corrected chi connectivity index (χ1v) is 10.1. The normalized spacial score (nSPS) is 19.4. The van der Waals surface area contributed by atoms with Crippen molar-refractivity contribution in [3.8, 4) is 5.75 Å². The lowest BCUT2D eigenvalue weighted by atomic mass is 9.79. The summed E-state index contributed by atoms with van der Waals surface area (Å²) in [6.45, 7) is 11.8. The average molecular weight is 369 g/mol. The predicted octanol–water partition coefficient (Wildman–Crippen LogP) is 1.69. The van der Waals surface area contributed by atoms with Gasteiger partial charge in [-0.15, -0.1) is 0 Å². The van der Waals surface area contributed by atoms with E-state index < -0.39 is 22.4 Å². The molecular formula is C17H28BNO5S. The molecule has 0 radical (unpaired) electrons. The summed E-state index contributed by atoms with van der Waals surface area (Å²) in [5.41, 5.74) is 0.174. The molecule has 0 unspecified atom stereocenters. The first-order chi connectivity index (χ1) is 11.4. The van der Waals surface area contributed by atoms with E-state index in [2.05, 4.69) is 4.72 Å². The van der Waals surface area contributed by atoms with Crippen molar-refractivity contribution < 1.29 is 22.5 Å². The molecule has 1 fully saturated rings. The van der Waals surface area contributed by atoms with Crippen molar-refractivity contribution in [1.29, 1.82) is 0 Å². The van der Waals surface area contributed by atoms with Gasteiger partial charge in [-0.3, -0.25) is 0 Å². The Bertz CT molecular complexity index is 669. The van der Waals surface area contributed by atoms with E-state index in [1.807, 2.05) is 52.0 Å². The van der Waals surface area contributed by atoms with Gasteiger partial charge in [0.2, 0.25) is 10.0 Å². The highest BCUT2D eigenvalue weighted by Gasteiger charge is 2.51. The molecule has 1 aliphatic rings. The van der Waals surface area contributed by atoms with Crippen LogP contribution in [0.15, 0.2) is 24.3 Å². The minimum Gasteiger partial charge on any atom is -0.492 e. The van der Waals surface area contributed by atoms with Crippen LogP contribution in [-0.4, -0.2) is 45.1 Å². The smallest absolute Gasteiger partial charge is 0.492 e. The highest BCUT2D eigenvalue weighted by atomic mass is 32.2. The second kappa shape index (κ2) is 7.27. The van der Waals surface area contributed by atoms with E-state index >= 15 is 0 Å². The summed E-state index contributed by atoms with van der Waals surface area (Å²) in [4.78, 5) is 0. The molecule has 1 heterocycles. The zero-order valence-corrected chi connectivity index (χ0v) is 16.6. The molecular weight excluding hydrogens is 341 g/mol. The van der Waals surface area contributed by atoms with Crippen molar-refractivity contribution in [2.45, 2.75) is 58.0 Å². The molecule has 2 rings (SSSR count). The largest absolute Gasteiger partial charge is 0.494 e. The Hall–Kier alpha value is -1.09. The van der Waals surface area contributed by atoms with Crippen LogP contribution in [0.4, 0.5) is 0 Å². The molecule has 0 atom stereocenters. The van der Waals surface area contributed by atoms with Gasteiger partial charge in [0.15, 0.2) is 0 Å². The first kappa shape index (κ1) is 20.2. The van der Waals surface area contributed by atoms with Gasteiger partial charge in [0, 0.05) is 6.54 Å². The van der Waals surface area contributed by atoms with Crippen LogP contribution in [0.3, 0.4) is 0 Å². The molecule has 0 bridgehead atoms. The average Bonchev–Trinajstić information content (AvgIpc) is 2.72. The first-order valence-electron chi connectivity index (χ1n) is 8.51. The van der Waals surface area contributed by atoms with Crippen molar-refractivity contribution >= 4 is 22.6 Å². The topological polar surface area (TPSA) is 73.9 Å². The maximum atomic E-state index is 11.6. The predicted molar refractivity (Wildman–Crippen MR) is 99.7 cm³/mol. The number of hydrogen-bond donors (Lipinski definition) is 1. The summed E-state index contributed by atoms with van der Waals surface area (Å²) in [7, 11) is -3.66. The number of nitrogens with one attached hydrogen (secondary N) is 1. The van der Waals surface area contributed by atoms with Crippen LogP contribution in [0, 0.1) is 0 Å². The van der Waals surface area contributed by atoms with Gasteiger partial charge in [0.25, 0.3) is 0 Å². The fraction of sp³-hybridized carbons (Fsp3) is 0.647. The summed E-state index contributed by atoms with van der Waals surface area (Å²) in [6, 6.07) is 7.46. The molecule has 6 nitrogen and oxygen atoms in total. The highest BCUT2D eigenvalue weighted by molar-refractivity contribution is 7.90. The third-order valence-corrected chi connectivity index (χ3v) is 6.55. The molecule has 0 aromatic heterocycles. The summed E-state index contributed by atoms with van der Waals surface area (Å²) in [5, 5.41) is -0.452. The molecule has 1 aromatic carbocycles. The van der Waals surface area contributed by atoms with Crippen LogP contribution in [0.1, 0.15) is 41.5 Å². The number of benzene rings is 1. The van der Waals surface area contributed by atoms with E-state index in [1.54, 1.807) is 13.8 Å². The molecule has 0 aliphatic carbocycles. The Morgan fingerprint density at radius 1 is 1.08 bits per heavy atom. The van der Waals surface area contributed by atoms with Crippen molar-refractivity contribution in [2.24, 2.45) is 0 Å². The number of sulfonamides is 1. The Balaban J connectivity index is 1.87. The molecule has 1 aromatic rings. The summed E-state index contributed by atoms with van der Waals surface area (Å²) >= 11 is 0. The Kier molecular flexibility index (Phi) is 5.88. The molecule has 1 saturated heterocycles. The molecule has 1 aliphatic heterocycles. The SMILES string of the molecule is CC(C)S(=O)(=O)NCCOc1ccc(B2OC(C)(C)C(C)(C)O2)cc1. The molecule has 140 valence electrons. The third kappa shape index (κ3) is 4.75. The monoisotopic (exact) mass is 369 g/mol. The van der Waals surface area contributed by atoms with Gasteiger partial charge >= 0.3 is 7.12 Å². The van der Waals surface area contributed by atoms with E-state index in [0.717, 1.165) is 5.46 Å². The van der Waals surface area contributed by atoms with Gasteiger partial charge in [-0.25, -0.2) is 13.1 Å². The van der Waals surface area contributed by atoms with Crippen molar-refractivity contribution in [1.82, 2.24) is 4.72 Å². The van der Waals surface area contributed by atoms with Crippen molar-refractivity contribution in [3.05, 3.63) is 24.3 Å². The maximum absolute atomic E-state index is 11.6. The van der Waals surface area contributed by atoms with Crippen LogP contribution in [-0.2, 0) is 19.3 Å². The Labute approximate surface area is 151 Å². The minimum absolute atomic E-state index is 0.236. The van der Waals surface area contributed by atoms with Crippen molar-refractivity contribution in [2.75, 3.05) is 13.2 Å². The van der Waals surface area contributed by atoms with Crippen molar-refractivity contribution in [3.63, 3.8) is 0 Å². The van der Waals surface area contributed by atoms with Gasteiger partial charge in [-0.2, -0.15) is 0 Å². The third-order valence-electron chi connectivity index (χ3n) is 4.70. The maximum Gasteiger partial charge on any atom is 0.494 e. The van der Waals surface area contributed by atoms with E-state index in [4.69, 9.17) is 14.0 Å². The Morgan fingerprint density at radius 3 is 2.08 bits per heavy atom.